The van der Waals surface area contributed by atoms with Crippen molar-refractivity contribution in [1.29, 1.82) is 0 Å². The number of benzene rings is 1. The second-order valence-corrected chi connectivity index (χ2v) is 5.62. The summed E-state index contributed by atoms with van der Waals surface area (Å²) in [4.78, 5) is 5.71. The molecule has 0 amide bonds. The Hall–Kier alpha value is -1.33. The largest absolute Gasteiger partial charge is 0.339 e. The summed E-state index contributed by atoms with van der Waals surface area (Å²) in [7, 11) is 0. The monoisotopic (exact) mass is 275 g/mol. The quantitative estimate of drug-likeness (QED) is 0.870. The summed E-state index contributed by atoms with van der Waals surface area (Å²) < 4.78 is 5.33. The Bertz CT molecular complexity index is 532. The molecule has 100 valence electrons. The molecule has 3 rings (SSSR count). The van der Waals surface area contributed by atoms with E-state index in [2.05, 4.69) is 33.8 Å². The van der Waals surface area contributed by atoms with Crippen molar-refractivity contribution in [2.75, 3.05) is 12.8 Å². The SMILES string of the molecule is CSc1ccc(-c2noc(CC3CCCN3)n2)cc1. The summed E-state index contributed by atoms with van der Waals surface area (Å²) in [5.41, 5.74) is 1.01. The lowest BCUT2D eigenvalue weighted by atomic mass is 10.1. The van der Waals surface area contributed by atoms with Gasteiger partial charge >= 0.3 is 0 Å². The molecule has 5 heteroatoms. The van der Waals surface area contributed by atoms with Gasteiger partial charge in [-0.25, -0.2) is 0 Å². The molecule has 1 atom stereocenters. The van der Waals surface area contributed by atoms with Crippen LogP contribution in [0.1, 0.15) is 18.7 Å². The zero-order valence-electron chi connectivity index (χ0n) is 10.9. The molecule has 1 aromatic heterocycles. The summed E-state index contributed by atoms with van der Waals surface area (Å²) in [5, 5.41) is 7.50. The number of nitrogens with zero attached hydrogens (tertiary/aromatic N) is 2. The fraction of sp³-hybridized carbons (Fsp3) is 0.429. The molecule has 19 heavy (non-hydrogen) atoms. The Balaban J connectivity index is 1.72. The molecule has 4 nitrogen and oxygen atoms in total. The maximum atomic E-state index is 5.33. The van der Waals surface area contributed by atoms with Crippen LogP contribution < -0.4 is 5.32 Å². The van der Waals surface area contributed by atoms with E-state index in [-0.39, 0.29) is 0 Å². The highest BCUT2D eigenvalue weighted by atomic mass is 32.2. The second-order valence-electron chi connectivity index (χ2n) is 4.74. The van der Waals surface area contributed by atoms with Crippen molar-refractivity contribution in [1.82, 2.24) is 15.5 Å². The van der Waals surface area contributed by atoms with Crippen LogP contribution in [0.4, 0.5) is 0 Å². The fourth-order valence-corrected chi connectivity index (χ4v) is 2.75. The van der Waals surface area contributed by atoms with Gasteiger partial charge in [-0.05, 0) is 49.9 Å². The lowest BCUT2D eigenvalue weighted by molar-refractivity contribution is 0.364. The minimum atomic E-state index is 0.493. The highest BCUT2D eigenvalue weighted by molar-refractivity contribution is 7.98. The highest BCUT2D eigenvalue weighted by Crippen LogP contribution is 2.21. The van der Waals surface area contributed by atoms with Gasteiger partial charge in [-0.1, -0.05) is 5.16 Å². The zero-order valence-corrected chi connectivity index (χ0v) is 11.7. The van der Waals surface area contributed by atoms with E-state index in [1.165, 1.54) is 17.7 Å². The number of hydrogen-bond donors (Lipinski definition) is 1. The van der Waals surface area contributed by atoms with Gasteiger partial charge in [0.15, 0.2) is 0 Å². The van der Waals surface area contributed by atoms with Crippen molar-refractivity contribution in [2.24, 2.45) is 0 Å². The van der Waals surface area contributed by atoms with Gasteiger partial charge in [0.25, 0.3) is 0 Å². The average molecular weight is 275 g/mol. The van der Waals surface area contributed by atoms with Gasteiger partial charge in [0.05, 0.1) is 0 Å². The average Bonchev–Trinajstić information content (AvgIpc) is 3.11. The van der Waals surface area contributed by atoms with Crippen molar-refractivity contribution in [2.45, 2.75) is 30.2 Å². The maximum Gasteiger partial charge on any atom is 0.228 e. The fourth-order valence-electron chi connectivity index (χ4n) is 2.34. The third-order valence-corrected chi connectivity index (χ3v) is 4.14. The van der Waals surface area contributed by atoms with E-state index in [0.717, 1.165) is 24.4 Å². The van der Waals surface area contributed by atoms with E-state index >= 15 is 0 Å². The minimum absolute atomic E-state index is 0.493. The van der Waals surface area contributed by atoms with Crippen LogP contribution in [0.5, 0.6) is 0 Å². The molecule has 1 aromatic carbocycles. The van der Waals surface area contributed by atoms with Gasteiger partial charge in [-0.15, -0.1) is 11.8 Å². The van der Waals surface area contributed by atoms with Crippen LogP contribution in [-0.4, -0.2) is 29.0 Å². The third kappa shape index (κ3) is 2.98. The summed E-state index contributed by atoms with van der Waals surface area (Å²) >= 11 is 1.73. The van der Waals surface area contributed by atoms with Gasteiger partial charge in [0.2, 0.25) is 11.7 Å². The zero-order chi connectivity index (χ0) is 13.1. The summed E-state index contributed by atoms with van der Waals surface area (Å²) in [6, 6.07) is 8.72. The van der Waals surface area contributed by atoms with E-state index in [0.29, 0.717) is 11.9 Å². The molecule has 1 unspecified atom stereocenters. The molecule has 0 aliphatic carbocycles. The van der Waals surface area contributed by atoms with Gasteiger partial charge in [0, 0.05) is 22.9 Å². The van der Waals surface area contributed by atoms with E-state index < -0.39 is 0 Å². The van der Waals surface area contributed by atoms with E-state index in [1.807, 2.05) is 12.1 Å². The van der Waals surface area contributed by atoms with Crippen LogP contribution in [0.3, 0.4) is 0 Å². The molecular formula is C14H17N3OS. The third-order valence-electron chi connectivity index (χ3n) is 3.40. The first-order valence-corrected chi connectivity index (χ1v) is 7.78. The second kappa shape index (κ2) is 5.75. The minimum Gasteiger partial charge on any atom is -0.339 e. The molecule has 1 aliphatic rings. The Labute approximate surface area is 117 Å². The van der Waals surface area contributed by atoms with Crippen molar-refractivity contribution in [3.63, 3.8) is 0 Å². The number of aromatic nitrogens is 2. The van der Waals surface area contributed by atoms with Gasteiger partial charge in [-0.2, -0.15) is 4.98 Å². The molecule has 1 N–H and O–H groups in total. The van der Waals surface area contributed by atoms with Gasteiger partial charge in [-0.3, -0.25) is 0 Å². The Morgan fingerprint density at radius 2 is 2.21 bits per heavy atom. The number of rotatable bonds is 4. The van der Waals surface area contributed by atoms with Crippen LogP contribution in [0.2, 0.25) is 0 Å². The summed E-state index contributed by atoms with van der Waals surface area (Å²) in [6.45, 7) is 1.10. The lowest BCUT2D eigenvalue weighted by Gasteiger charge is -2.04. The first-order valence-electron chi connectivity index (χ1n) is 6.55. The molecule has 1 aliphatic heterocycles. The van der Waals surface area contributed by atoms with E-state index in [4.69, 9.17) is 4.52 Å². The van der Waals surface area contributed by atoms with E-state index in [9.17, 15) is 0 Å². The Morgan fingerprint density at radius 3 is 2.89 bits per heavy atom. The topological polar surface area (TPSA) is 51.0 Å². The Kier molecular flexibility index (Phi) is 3.84. The summed E-state index contributed by atoms with van der Waals surface area (Å²) in [6.07, 6.45) is 5.33. The smallest absolute Gasteiger partial charge is 0.228 e. The van der Waals surface area contributed by atoms with Gasteiger partial charge < -0.3 is 9.84 Å². The van der Waals surface area contributed by atoms with Crippen LogP contribution in [0.25, 0.3) is 11.4 Å². The first kappa shape index (κ1) is 12.7. The molecule has 2 heterocycles. The molecule has 0 bridgehead atoms. The molecule has 0 radical (unpaired) electrons. The standard InChI is InChI=1S/C14H17N3OS/c1-19-12-6-4-10(5-7-12)14-16-13(18-17-14)9-11-3-2-8-15-11/h4-7,11,15H,2-3,8-9H2,1H3. The van der Waals surface area contributed by atoms with Crippen molar-refractivity contribution in [3.8, 4) is 11.4 Å². The predicted octanol–water partition coefficient (Wildman–Crippen LogP) is 2.75. The number of nitrogens with one attached hydrogen (secondary N) is 1. The highest BCUT2D eigenvalue weighted by Gasteiger charge is 2.18. The maximum absolute atomic E-state index is 5.33. The number of hydrogen-bond acceptors (Lipinski definition) is 5. The van der Waals surface area contributed by atoms with Gasteiger partial charge in [0.1, 0.15) is 0 Å². The van der Waals surface area contributed by atoms with Crippen LogP contribution in [-0.2, 0) is 6.42 Å². The molecule has 0 saturated carbocycles. The molecule has 1 saturated heterocycles. The van der Waals surface area contributed by atoms with E-state index in [1.54, 1.807) is 11.8 Å². The molecule has 0 spiro atoms. The van der Waals surface area contributed by atoms with Crippen molar-refractivity contribution < 1.29 is 4.52 Å². The molecule has 2 aromatic rings. The summed E-state index contributed by atoms with van der Waals surface area (Å²) in [5.74, 6) is 1.41. The predicted molar refractivity (Wildman–Crippen MR) is 76.2 cm³/mol. The Morgan fingerprint density at radius 1 is 1.37 bits per heavy atom. The van der Waals surface area contributed by atoms with Crippen molar-refractivity contribution in [3.05, 3.63) is 30.2 Å². The molecular weight excluding hydrogens is 258 g/mol. The van der Waals surface area contributed by atoms with Crippen LogP contribution >= 0.6 is 11.8 Å². The normalized spacial score (nSPS) is 18.9. The van der Waals surface area contributed by atoms with Crippen LogP contribution in [0, 0.1) is 0 Å². The number of thioether (sulfide) groups is 1. The van der Waals surface area contributed by atoms with Crippen molar-refractivity contribution >= 4 is 11.8 Å². The lowest BCUT2D eigenvalue weighted by Crippen LogP contribution is -2.23. The van der Waals surface area contributed by atoms with Crippen LogP contribution in [0.15, 0.2) is 33.7 Å². The molecule has 1 fully saturated rings. The first-order chi connectivity index (χ1) is 9.35.